The summed E-state index contributed by atoms with van der Waals surface area (Å²) < 4.78 is 18.1. The van der Waals surface area contributed by atoms with Crippen LogP contribution in [0.3, 0.4) is 0 Å². The van der Waals surface area contributed by atoms with Crippen LogP contribution in [0.2, 0.25) is 0 Å². The number of nitrogens with zero attached hydrogens (tertiary/aromatic N) is 2. The lowest BCUT2D eigenvalue weighted by Crippen LogP contribution is -2.45. The monoisotopic (exact) mass is 399 g/mol. The van der Waals surface area contributed by atoms with Gasteiger partial charge < -0.3 is 19.5 Å². The summed E-state index contributed by atoms with van der Waals surface area (Å²) in [5, 5.41) is 4.50. The SMILES string of the molecule is COc1ccc(C(c2nc3ccccc3s2)N2CCNCC2)c(OC)c1OC. The van der Waals surface area contributed by atoms with Crippen LogP contribution >= 0.6 is 11.3 Å². The van der Waals surface area contributed by atoms with Crippen LogP contribution < -0.4 is 19.5 Å². The smallest absolute Gasteiger partial charge is 0.203 e. The Morgan fingerprint density at radius 1 is 0.964 bits per heavy atom. The van der Waals surface area contributed by atoms with E-state index in [0.29, 0.717) is 17.2 Å². The molecule has 0 aliphatic carbocycles. The highest BCUT2D eigenvalue weighted by Gasteiger charge is 2.31. The number of piperazine rings is 1. The van der Waals surface area contributed by atoms with Crippen molar-refractivity contribution in [2.75, 3.05) is 47.5 Å². The van der Waals surface area contributed by atoms with E-state index in [2.05, 4.69) is 34.5 Å². The summed E-state index contributed by atoms with van der Waals surface area (Å²) in [7, 11) is 4.95. The second-order valence-electron chi connectivity index (χ2n) is 6.63. The van der Waals surface area contributed by atoms with Gasteiger partial charge in [0, 0.05) is 31.7 Å². The number of benzene rings is 2. The highest BCUT2D eigenvalue weighted by molar-refractivity contribution is 7.18. The molecular weight excluding hydrogens is 374 g/mol. The topological polar surface area (TPSA) is 55.9 Å². The predicted molar refractivity (Wildman–Crippen MR) is 112 cm³/mol. The first-order valence-electron chi connectivity index (χ1n) is 9.36. The highest BCUT2D eigenvalue weighted by Crippen LogP contribution is 2.46. The number of hydrogen-bond acceptors (Lipinski definition) is 7. The van der Waals surface area contributed by atoms with Crippen molar-refractivity contribution in [1.29, 1.82) is 0 Å². The van der Waals surface area contributed by atoms with Crippen LogP contribution in [0, 0.1) is 0 Å². The van der Waals surface area contributed by atoms with E-state index in [-0.39, 0.29) is 6.04 Å². The Balaban J connectivity index is 1.88. The third kappa shape index (κ3) is 3.41. The molecule has 2 aromatic carbocycles. The van der Waals surface area contributed by atoms with E-state index < -0.39 is 0 Å². The molecule has 4 rings (SSSR count). The fraction of sp³-hybridized carbons (Fsp3) is 0.381. The first kappa shape index (κ1) is 19.0. The van der Waals surface area contributed by atoms with Gasteiger partial charge >= 0.3 is 0 Å². The van der Waals surface area contributed by atoms with Crippen molar-refractivity contribution in [1.82, 2.24) is 15.2 Å². The molecule has 0 radical (unpaired) electrons. The van der Waals surface area contributed by atoms with E-state index in [9.17, 15) is 0 Å². The molecule has 1 aliphatic rings. The number of ether oxygens (including phenoxy) is 3. The molecule has 1 atom stereocenters. The number of fused-ring (bicyclic) bond motifs is 1. The van der Waals surface area contributed by atoms with Gasteiger partial charge in [-0.25, -0.2) is 4.98 Å². The molecule has 0 spiro atoms. The number of aromatic nitrogens is 1. The lowest BCUT2D eigenvalue weighted by Gasteiger charge is -2.35. The molecule has 1 aromatic heterocycles. The third-order valence-corrected chi connectivity index (χ3v) is 6.18. The van der Waals surface area contributed by atoms with E-state index in [1.54, 1.807) is 32.7 Å². The molecule has 1 fully saturated rings. The maximum Gasteiger partial charge on any atom is 0.203 e. The van der Waals surface area contributed by atoms with Crippen molar-refractivity contribution >= 4 is 21.6 Å². The van der Waals surface area contributed by atoms with Gasteiger partial charge in [0.25, 0.3) is 0 Å². The van der Waals surface area contributed by atoms with Gasteiger partial charge in [0.2, 0.25) is 5.75 Å². The first-order chi connectivity index (χ1) is 13.8. The number of methoxy groups -OCH3 is 3. The van der Waals surface area contributed by atoms with Crippen molar-refractivity contribution in [2.24, 2.45) is 0 Å². The van der Waals surface area contributed by atoms with Gasteiger partial charge in [0.05, 0.1) is 37.6 Å². The van der Waals surface area contributed by atoms with E-state index in [1.807, 2.05) is 12.1 Å². The number of rotatable bonds is 6. The number of para-hydroxylation sites is 1. The molecule has 148 valence electrons. The Labute approximate surface area is 169 Å². The zero-order valence-corrected chi connectivity index (χ0v) is 17.2. The zero-order valence-electron chi connectivity index (χ0n) is 16.4. The van der Waals surface area contributed by atoms with Crippen LogP contribution in [0.25, 0.3) is 10.2 Å². The Hall–Kier alpha value is -2.35. The summed E-state index contributed by atoms with van der Waals surface area (Å²) in [5.74, 6) is 1.97. The predicted octanol–water partition coefficient (Wildman–Crippen LogP) is 3.32. The summed E-state index contributed by atoms with van der Waals surface area (Å²) in [6.07, 6.45) is 0. The molecule has 1 unspecified atom stereocenters. The molecule has 0 bridgehead atoms. The summed E-state index contributed by atoms with van der Waals surface area (Å²) in [6, 6.07) is 12.3. The maximum atomic E-state index is 5.81. The molecule has 3 aromatic rings. The largest absolute Gasteiger partial charge is 0.493 e. The zero-order chi connectivity index (χ0) is 19.5. The van der Waals surface area contributed by atoms with Crippen molar-refractivity contribution < 1.29 is 14.2 Å². The summed E-state index contributed by atoms with van der Waals surface area (Å²) >= 11 is 1.74. The van der Waals surface area contributed by atoms with Gasteiger partial charge in [-0.05, 0) is 24.3 Å². The first-order valence-corrected chi connectivity index (χ1v) is 10.2. The van der Waals surface area contributed by atoms with E-state index in [4.69, 9.17) is 19.2 Å². The molecule has 0 saturated carbocycles. The van der Waals surface area contributed by atoms with Gasteiger partial charge in [-0.15, -0.1) is 11.3 Å². The second-order valence-corrected chi connectivity index (χ2v) is 7.69. The molecule has 6 nitrogen and oxygen atoms in total. The average Bonchev–Trinajstić information content (AvgIpc) is 3.17. The number of hydrogen-bond donors (Lipinski definition) is 1. The van der Waals surface area contributed by atoms with E-state index in [0.717, 1.165) is 42.3 Å². The second kappa shape index (κ2) is 8.34. The van der Waals surface area contributed by atoms with Gasteiger partial charge in [-0.1, -0.05) is 12.1 Å². The molecule has 7 heteroatoms. The lowest BCUT2D eigenvalue weighted by molar-refractivity contribution is 0.194. The molecule has 1 saturated heterocycles. The van der Waals surface area contributed by atoms with E-state index in [1.165, 1.54) is 4.70 Å². The van der Waals surface area contributed by atoms with Crippen molar-refractivity contribution in [3.05, 3.63) is 47.0 Å². The summed E-state index contributed by atoms with van der Waals surface area (Å²) in [6.45, 7) is 3.80. The minimum absolute atomic E-state index is 0.00532. The van der Waals surface area contributed by atoms with Crippen LogP contribution in [-0.4, -0.2) is 57.4 Å². The van der Waals surface area contributed by atoms with Crippen molar-refractivity contribution in [2.45, 2.75) is 6.04 Å². The van der Waals surface area contributed by atoms with Gasteiger partial charge in [0.1, 0.15) is 5.01 Å². The number of nitrogens with one attached hydrogen (secondary N) is 1. The van der Waals surface area contributed by atoms with Crippen molar-refractivity contribution in [3.8, 4) is 17.2 Å². The van der Waals surface area contributed by atoms with Crippen LogP contribution in [-0.2, 0) is 0 Å². The van der Waals surface area contributed by atoms with Crippen molar-refractivity contribution in [3.63, 3.8) is 0 Å². The number of thiazole rings is 1. The Kier molecular flexibility index (Phi) is 5.66. The quantitative estimate of drug-likeness (QED) is 0.686. The van der Waals surface area contributed by atoms with Crippen LogP contribution in [0.15, 0.2) is 36.4 Å². The van der Waals surface area contributed by atoms with Gasteiger partial charge in [-0.3, -0.25) is 4.90 Å². The fourth-order valence-corrected chi connectivity index (χ4v) is 4.89. The highest BCUT2D eigenvalue weighted by atomic mass is 32.1. The average molecular weight is 400 g/mol. The Bertz CT molecular complexity index is 920. The third-order valence-electron chi connectivity index (χ3n) is 5.09. The van der Waals surface area contributed by atoms with Crippen LogP contribution in [0.5, 0.6) is 17.2 Å². The standard InChI is InChI=1S/C21H25N3O3S/c1-25-16-9-8-14(19(26-2)20(16)27-3)18(24-12-10-22-11-13-24)21-23-15-6-4-5-7-17(15)28-21/h4-9,18,22H,10-13H2,1-3H3. The molecule has 1 aliphatic heterocycles. The van der Waals surface area contributed by atoms with Crippen LogP contribution in [0.1, 0.15) is 16.6 Å². The minimum Gasteiger partial charge on any atom is -0.493 e. The summed E-state index contributed by atoms with van der Waals surface area (Å²) in [4.78, 5) is 7.42. The molecular formula is C21H25N3O3S. The van der Waals surface area contributed by atoms with Crippen LogP contribution in [0.4, 0.5) is 0 Å². The van der Waals surface area contributed by atoms with E-state index >= 15 is 0 Å². The summed E-state index contributed by atoms with van der Waals surface area (Å²) in [5.41, 5.74) is 2.07. The molecule has 0 amide bonds. The minimum atomic E-state index is -0.00532. The Morgan fingerprint density at radius 2 is 1.71 bits per heavy atom. The fourth-order valence-electron chi connectivity index (χ4n) is 3.77. The molecule has 28 heavy (non-hydrogen) atoms. The van der Waals surface area contributed by atoms with Gasteiger partial charge in [-0.2, -0.15) is 0 Å². The normalized spacial score (nSPS) is 16.1. The maximum absolute atomic E-state index is 5.81. The molecule has 2 heterocycles. The molecule has 1 N–H and O–H groups in total. The Morgan fingerprint density at radius 3 is 2.39 bits per heavy atom. The lowest BCUT2D eigenvalue weighted by atomic mass is 10.0. The van der Waals surface area contributed by atoms with Gasteiger partial charge in [0.15, 0.2) is 11.5 Å².